The second kappa shape index (κ2) is 15.0. The summed E-state index contributed by atoms with van der Waals surface area (Å²) in [7, 11) is 1.61. The van der Waals surface area contributed by atoms with Crippen molar-refractivity contribution in [3.05, 3.63) is 84.5 Å². The van der Waals surface area contributed by atoms with E-state index in [1.54, 1.807) is 25.5 Å². The molecule has 6 atom stereocenters. The van der Waals surface area contributed by atoms with E-state index in [1.807, 2.05) is 66.7 Å². The highest BCUT2D eigenvalue weighted by atomic mass is 16.6. The molecule has 2 aliphatic rings. The van der Waals surface area contributed by atoms with Gasteiger partial charge in [0.05, 0.1) is 13.2 Å². The van der Waals surface area contributed by atoms with E-state index in [1.165, 1.54) is 13.8 Å². The van der Waals surface area contributed by atoms with E-state index in [4.69, 9.17) is 33.3 Å². The zero-order valence-corrected chi connectivity index (χ0v) is 23.3. The number of esters is 2. The average Bonchev–Trinajstić information content (AvgIpc) is 2.98. The van der Waals surface area contributed by atoms with Crippen molar-refractivity contribution in [2.75, 3.05) is 20.3 Å². The Bertz CT molecular complexity index is 1210. The first kappa shape index (κ1) is 29.8. The maximum atomic E-state index is 11.4. The summed E-state index contributed by atoms with van der Waals surface area (Å²) < 4.78 is 34.1. The van der Waals surface area contributed by atoms with Gasteiger partial charge in [-0.15, -0.1) is 0 Å². The molecule has 0 radical (unpaired) electrons. The predicted molar refractivity (Wildman–Crippen MR) is 150 cm³/mol. The van der Waals surface area contributed by atoms with E-state index in [2.05, 4.69) is 5.16 Å². The lowest BCUT2D eigenvalue weighted by Crippen LogP contribution is -2.41. The van der Waals surface area contributed by atoms with E-state index in [9.17, 15) is 9.59 Å². The highest BCUT2D eigenvalue weighted by molar-refractivity contribution is 5.67. The normalized spacial score (nSPS) is 25.4. The summed E-state index contributed by atoms with van der Waals surface area (Å²) in [6, 6.07) is 17.2. The molecule has 0 unspecified atom stereocenters. The van der Waals surface area contributed by atoms with Crippen LogP contribution in [0.4, 0.5) is 0 Å². The Balaban J connectivity index is 1.34. The molecular weight excluding hydrogens is 530 g/mol. The Labute approximate surface area is 239 Å². The molecule has 0 bridgehead atoms. The summed E-state index contributed by atoms with van der Waals surface area (Å²) in [5.41, 5.74) is 1.02. The van der Waals surface area contributed by atoms with Gasteiger partial charge in [-0.2, -0.15) is 0 Å². The van der Waals surface area contributed by atoms with Crippen LogP contribution in [0, 0.1) is 0 Å². The molecule has 0 aromatic heterocycles. The SMILES string of the molecule is COc1ccc(O[C@H]2C=C[C@@H](c3ccccc3)O[C@@H]2CON=CC[C@@H]2C=C[C@H](OC(C)=O)[C@@H](COC(C)=O)O2)cc1. The van der Waals surface area contributed by atoms with Gasteiger partial charge in [0.1, 0.15) is 55.2 Å². The molecule has 0 fully saturated rings. The van der Waals surface area contributed by atoms with Crippen LogP contribution >= 0.6 is 0 Å². The fourth-order valence-electron chi connectivity index (χ4n) is 4.33. The molecule has 0 aliphatic carbocycles. The summed E-state index contributed by atoms with van der Waals surface area (Å²) in [4.78, 5) is 28.3. The number of hydrogen-bond acceptors (Lipinski definition) is 10. The lowest BCUT2D eigenvalue weighted by molar-refractivity contribution is -0.163. The minimum absolute atomic E-state index is 0.0353. The zero-order valence-electron chi connectivity index (χ0n) is 23.3. The van der Waals surface area contributed by atoms with Crippen molar-refractivity contribution in [2.24, 2.45) is 5.16 Å². The molecular formula is C31H35NO9. The van der Waals surface area contributed by atoms with Crippen LogP contribution in [0.1, 0.15) is 31.9 Å². The summed E-state index contributed by atoms with van der Waals surface area (Å²) >= 11 is 0. The number of methoxy groups -OCH3 is 1. The summed E-state index contributed by atoms with van der Waals surface area (Å²) in [6.45, 7) is 2.73. The minimum atomic E-state index is -0.645. The van der Waals surface area contributed by atoms with Gasteiger partial charge >= 0.3 is 11.9 Å². The number of ether oxygens (including phenoxy) is 6. The molecule has 0 spiro atoms. The van der Waals surface area contributed by atoms with Crippen LogP contribution < -0.4 is 9.47 Å². The molecule has 0 saturated heterocycles. The van der Waals surface area contributed by atoms with Gasteiger partial charge in [-0.1, -0.05) is 47.6 Å². The Morgan fingerprint density at radius 3 is 2.24 bits per heavy atom. The lowest BCUT2D eigenvalue weighted by Gasteiger charge is -2.32. The first-order valence-corrected chi connectivity index (χ1v) is 13.4. The number of hydrogen-bond donors (Lipinski definition) is 0. The van der Waals surface area contributed by atoms with Crippen molar-refractivity contribution < 1.29 is 42.8 Å². The largest absolute Gasteiger partial charge is 0.497 e. The number of benzene rings is 2. The van der Waals surface area contributed by atoms with Crippen LogP contribution in [0.5, 0.6) is 11.5 Å². The number of nitrogens with zero attached hydrogens (tertiary/aromatic N) is 1. The average molecular weight is 566 g/mol. The Hall–Kier alpha value is -4.15. The van der Waals surface area contributed by atoms with Crippen molar-refractivity contribution in [1.82, 2.24) is 0 Å². The van der Waals surface area contributed by atoms with Gasteiger partial charge in [0.2, 0.25) is 0 Å². The maximum absolute atomic E-state index is 11.4. The highest BCUT2D eigenvalue weighted by Crippen LogP contribution is 2.29. The Morgan fingerprint density at radius 2 is 1.54 bits per heavy atom. The third kappa shape index (κ3) is 9.19. The maximum Gasteiger partial charge on any atom is 0.303 e. The van der Waals surface area contributed by atoms with E-state index < -0.39 is 36.4 Å². The third-order valence-electron chi connectivity index (χ3n) is 6.33. The van der Waals surface area contributed by atoms with Gasteiger partial charge in [-0.25, -0.2) is 0 Å². The van der Waals surface area contributed by atoms with Crippen LogP contribution in [0.3, 0.4) is 0 Å². The monoisotopic (exact) mass is 565 g/mol. The van der Waals surface area contributed by atoms with Crippen molar-refractivity contribution in [2.45, 2.75) is 56.9 Å². The number of oxime groups is 1. The van der Waals surface area contributed by atoms with Crippen LogP contribution in [0.2, 0.25) is 0 Å². The minimum Gasteiger partial charge on any atom is -0.497 e. The van der Waals surface area contributed by atoms with Gasteiger partial charge in [0.25, 0.3) is 0 Å². The summed E-state index contributed by atoms with van der Waals surface area (Å²) in [5.74, 6) is 0.516. The van der Waals surface area contributed by atoms with Crippen LogP contribution in [0.15, 0.2) is 84.1 Å². The molecule has 10 nitrogen and oxygen atoms in total. The van der Waals surface area contributed by atoms with Gasteiger partial charge in [0, 0.05) is 26.5 Å². The van der Waals surface area contributed by atoms with E-state index >= 15 is 0 Å². The fraction of sp³-hybridized carbons (Fsp3) is 0.387. The second-order valence-electron chi connectivity index (χ2n) is 9.44. The molecule has 41 heavy (non-hydrogen) atoms. The number of rotatable bonds is 12. The Kier molecular flexibility index (Phi) is 10.9. The fourth-order valence-corrected chi connectivity index (χ4v) is 4.33. The number of carbonyl (C=O) groups is 2. The topological polar surface area (TPSA) is 111 Å². The van der Waals surface area contributed by atoms with E-state index in [0.29, 0.717) is 12.2 Å². The van der Waals surface area contributed by atoms with Crippen molar-refractivity contribution >= 4 is 18.2 Å². The summed E-state index contributed by atoms with van der Waals surface area (Å²) in [6.07, 6.45) is 6.73. The molecule has 10 heteroatoms. The van der Waals surface area contributed by atoms with Crippen LogP contribution in [0.25, 0.3) is 0 Å². The second-order valence-corrected chi connectivity index (χ2v) is 9.44. The van der Waals surface area contributed by atoms with Gasteiger partial charge < -0.3 is 33.3 Å². The molecule has 2 aromatic carbocycles. The first-order valence-electron chi connectivity index (χ1n) is 13.4. The quantitative estimate of drug-likeness (QED) is 0.161. The third-order valence-corrected chi connectivity index (χ3v) is 6.33. The van der Waals surface area contributed by atoms with Crippen LogP contribution in [-0.2, 0) is 33.4 Å². The molecule has 0 N–H and O–H groups in total. The molecule has 4 rings (SSSR count). The molecule has 218 valence electrons. The lowest BCUT2D eigenvalue weighted by atomic mass is 10.0. The molecule has 2 aromatic rings. The zero-order chi connectivity index (χ0) is 29.0. The first-order chi connectivity index (χ1) is 19.9. The van der Waals surface area contributed by atoms with Gasteiger partial charge in [0.15, 0.2) is 0 Å². The van der Waals surface area contributed by atoms with Gasteiger partial charge in [-0.05, 0) is 42.0 Å². The Morgan fingerprint density at radius 1 is 0.829 bits per heavy atom. The predicted octanol–water partition coefficient (Wildman–Crippen LogP) is 4.35. The highest BCUT2D eigenvalue weighted by Gasteiger charge is 2.32. The summed E-state index contributed by atoms with van der Waals surface area (Å²) in [5, 5.41) is 4.10. The van der Waals surface area contributed by atoms with Crippen molar-refractivity contribution in [1.29, 1.82) is 0 Å². The smallest absolute Gasteiger partial charge is 0.303 e. The number of carbonyl (C=O) groups excluding carboxylic acids is 2. The molecule has 0 saturated carbocycles. The molecule has 2 aliphatic heterocycles. The van der Waals surface area contributed by atoms with Crippen LogP contribution in [-0.4, -0.2) is 69.0 Å². The molecule has 0 amide bonds. The van der Waals surface area contributed by atoms with E-state index in [-0.39, 0.29) is 25.4 Å². The van der Waals surface area contributed by atoms with E-state index in [0.717, 1.165) is 11.3 Å². The standard InChI is InChI=1S/C31H35NO9/c1-21(33)36-19-30-28(38-22(2)34)14-13-26(40-30)17-18-32-37-20-31-29(39-25-11-9-24(35-3)10-12-25)16-15-27(41-31)23-7-5-4-6-8-23/h4-16,18,26-31H,17,19-20H2,1-3H3/t26-,27-,28-,29-,30+,31+/m0/s1. The molecule has 2 heterocycles. The van der Waals surface area contributed by atoms with Crippen molar-refractivity contribution in [3.8, 4) is 11.5 Å². The van der Waals surface area contributed by atoms with Crippen molar-refractivity contribution in [3.63, 3.8) is 0 Å². The van der Waals surface area contributed by atoms with Gasteiger partial charge in [-0.3, -0.25) is 9.59 Å².